The van der Waals surface area contributed by atoms with E-state index >= 15 is 0 Å². The molecule has 0 aliphatic carbocycles. The van der Waals surface area contributed by atoms with E-state index in [-0.39, 0.29) is 22.0 Å². The molecule has 0 unspecified atom stereocenters. The van der Waals surface area contributed by atoms with Gasteiger partial charge in [-0.1, -0.05) is 12.1 Å². The van der Waals surface area contributed by atoms with Crippen molar-refractivity contribution in [2.45, 2.75) is 17.6 Å². The second kappa shape index (κ2) is 5.49. The molecular weight excluding hydrogens is 294 g/mol. The molecule has 110 valence electrons. The van der Waals surface area contributed by atoms with Crippen molar-refractivity contribution in [3.63, 3.8) is 0 Å². The number of nitro benzene ring substituents is 1. The van der Waals surface area contributed by atoms with Gasteiger partial charge in [0, 0.05) is 17.8 Å². The third kappa shape index (κ3) is 3.00. The lowest BCUT2D eigenvalue weighted by Gasteiger charge is -2.09. The first-order chi connectivity index (χ1) is 9.83. The third-order valence-corrected chi connectivity index (χ3v) is 4.84. The Morgan fingerprint density at radius 2 is 2.05 bits per heavy atom. The average molecular weight is 307 g/mol. The Morgan fingerprint density at radius 3 is 2.67 bits per heavy atom. The molecule has 8 heteroatoms. The number of hydrogen-bond acceptors (Lipinski definition) is 6. The van der Waals surface area contributed by atoms with E-state index in [1.165, 1.54) is 37.5 Å². The van der Waals surface area contributed by atoms with Crippen molar-refractivity contribution in [3.8, 4) is 0 Å². The number of sulfone groups is 1. The summed E-state index contributed by atoms with van der Waals surface area (Å²) in [6.45, 7) is 1.53. The highest BCUT2D eigenvalue weighted by Crippen LogP contribution is 2.26. The summed E-state index contributed by atoms with van der Waals surface area (Å²) in [6.07, 6.45) is 2.59. The first-order valence-electron chi connectivity index (χ1n) is 5.98. The van der Waals surface area contributed by atoms with Gasteiger partial charge in [0.1, 0.15) is 0 Å². The molecule has 21 heavy (non-hydrogen) atoms. The van der Waals surface area contributed by atoms with Crippen LogP contribution in [0.15, 0.2) is 41.6 Å². The van der Waals surface area contributed by atoms with Crippen molar-refractivity contribution in [1.29, 1.82) is 0 Å². The molecule has 0 saturated carbocycles. The number of pyridine rings is 1. The predicted octanol–water partition coefficient (Wildman–Crippen LogP) is 1.85. The number of nitro groups is 1. The highest BCUT2D eigenvalue weighted by Gasteiger charge is 2.22. The average Bonchev–Trinajstić information content (AvgIpc) is 2.41. The minimum absolute atomic E-state index is 0.0246. The summed E-state index contributed by atoms with van der Waals surface area (Å²) in [5.74, 6) is -0.352. The fourth-order valence-corrected chi connectivity index (χ4v) is 3.54. The van der Waals surface area contributed by atoms with Gasteiger partial charge in [0.25, 0.3) is 5.69 Å². The molecular formula is C13H13N3O4S. The number of nitrogens with zero attached hydrogens (tertiary/aromatic N) is 2. The topological polar surface area (TPSA) is 116 Å². The lowest BCUT2D eigenvalue weighted by Crippen LogP contribution is -2.09. The summed E-state index contributed by atoms with van der Waals surface area (Å²) in [6, 6.07) is 5.67. The number of anilines is 1. The van der Waals surface area contributed by atoms with Gasteiger partial charge in [-0.3, -0.25) is 15.1 Å². The largest absolute Gasteiger partial charge is 0.396 e. The molecule has 0 aliphatic rings. The van der Waals surface area contributed by atoms with E-state index in [4.69, 9.17) is 5.73 Å². The highest BCUT2D eigenvalue weighted by atomic mass is 32.2. The summed E-state index contributed by atoms with van der Waals surface area (Å²) >= 11 is 0. The summed E-state index contributed by atoms with van der Waals surface area (Å²) in [5.41, 5.74) is 6.28. The smallest absolute Gasteiger partial charge is 0.272 e. The van der Waals surface area contributed by atoms with E-state index < -0.39 is 14.8 Å². The predicted molar refractivity (Wildman–Crippen MR) is 77.4 cm³/mol. The monoisotopic (exact) mass is 307 g/mol. The zero-order valence-electron chi connectivity index (χ0n) is 11.2. The van der Waals surface area contributed by atoms with Crippen LogP contribution < -0.4 is 5.73 Å². The van der Waals surface area contributed by atoms with Crippen LogP contribution in [0.4, 0.5) is 11.4 Å². The molecule has 1 aromatic carbocycles. The molecule has 0 aliphatic heterocycles. The molecule has 0 atom stereocenters. The number of hydrogen-bond donors (Lipinski definition) is 1. The highest BCUT2D eigenvalue weighted by molar-refractivity contribution is 7.90. The SMILES string of the molecule is Cc1c(CS(=O)(=O)c2ccncc2N)cccc1[N+](=O)[O-]. The van der Waals surface area contributed by atoms with Crippen molar-refractivity contribution in [2.75, 3.05) is 5.73 Å². The molecule has 0 fully saturated rings. The molecule has 1 heterocycles. The van der Waals surface area contributed by atoms with Crippen LogP contribution in [0.5, 0.6) is 0 Å². The maximum absolute atomic E-state index is 12.4. The first kappa shape index (κ1) is 14.9. The van der Waals surface area contributed by atoms with Gasteiger partial charge in [-0.25, -0.2) is 8.42 Å². The normalized spacial score (nSPS) is 11.3. The fourth-order valence-electron chi connectivity index (χ4n) is 1.98. The molecule has 1 aromatic heterocycles. The van der Waals surface area contributed by atoms with Gasteiger partial charge in [0.05, 0.1) is 27.5 Å². The van der Waals surface area contributed by atoms with Crippen LogP contribution in [0.3, 0.4) is 0 Å². The number of rotatable bonds is 4. The zero-order chi connectivity index (χ0) is 15.6. The van der Waals surface area contributed by atoms with Gasteiger partial charge < -0.3 is 5.73 Å². The molecule has 0 radical (unpaired) electrons. The molecule has 7 nitrogen and oxygen atoms in total. The minimum Gasteiger partial charge on any atom is -0.396 e. The summed E-state index contributed by atoms with van der Waals surface area (Å²) < 4.78 is 24.8. The summed E-state index contributed by atoms with van der Waals surface area (Å²) in [5, 5.41) is 10.9. The molecule has 0 bridgehead atoms. The fraction of sp³-hybridized carbons (Fsp3) is 0.154. The summed E-state index contributed by atoms with van der Waals surface area (Å²) in [7, 11) is -3.70. The Labute approximate surface area is 121 Å². The Balaban J connectivity index is 2.45. The summed E-state index contributed by atoms with van der Waals surface area (Å²) in [4.78, 5) is 14.1. The molecule has 2 aromatic rings. The Morgan fingerprint density at radius 1 is 1.33 bits per heavy atom. The lowest BCUT2D eigenvalue weighted by atomic mass is 10.1. The van der Waals surface area contributed by atoms with Crippen LogP contribution >= 0.6 is 0 Å². The van der Waals surface area contributed by atoms with Crippen LogP contribution in [0, 0.1) is 17.0 Å². The van der Waals surface area contributed by atoms with E-state index in [1.54, 1.807) is 6.07 Å². The molecule has 2 rings (SSSR count). The van der Waals surface area contributed by atoms with Crippen LogP contribution in [0.25, 0.3) is 0 Å². The zero-order valence-corrected chi connectivity index (χ0v) is 12.0. The molecule has 2 N–H and O–H groups in total. The Hall–Kier alpha value is -2.48. The Kier molecular flexibility index (Phi) is 3.90. The van der Waals surface area contributed by atoms with Crippen LogP contribution in [0.2, 0.25) is 0 Å². The van der Waals surface area contributed by atoms with Crippen molar-refractivity contribution in [1.82, 2.24) is 4.98 Å². The van der Waals surface area contributed by atoms with E-state index in [2.05, 4.69) is 4.98 Å². The molecule has 0 saturated heterocycles. The van der Waals surface area contributed by atoms with Crippen LogP contribution in [0.1, 0.15) is 11.1 Å². The van der Waals surface area contributed by atoms with Crippen molar-refractivity contribution in [2.24, 2.45) is 0 Å². The maximum Gasteiger partial charge on any atom is 0.272 e. The quantitative estimate of drug-likeness (QED) is 0.680. The standard InChI is InChI=1S/C13H13N3O4S/c1-9-10(3-2-4-12(9)16(17)18)8-21(19,20)13-5-6-15-7-11(13)14/h2-7H,8,14H2,1H3. The van der Waals surface area contributed by atoms with Crippen molar-refractivity contribution < 1.29 is 13.3 Å². The van der Waals surface area contributed by atoms with E-state index in [1.807, 2.05) is 0 Å². The van der Waals surface area contributed by atoms with Crippen LogP contribution in [-0.2, 0) is 15.6 Å². The number of nitrogen functional groups attached to an aromatic ring is 1. The second-order valence-corrected chi connectivity index (χ2v) is 6.45. The van der Waals surface area contributed by atoms with E-state index in [0.717, 1.165) is 0 Å². The van der Waals surface area contributed by atoms with Gasteiger partial charge in [0.15, 0.2) is 9.84 Å². The van der Waals surface area contributed by atoms with Gasteiger partial charge in [-0.15, -0.1) is 0 Å². The lowest BCUT2D eigenvalue weighted by molar-refractivity contribution is -0.385. The Bertz CT molecular complexity index is 803. The van der Waals surface area contributed by atoms with Gasteiger partial charge in [-0.2, -0.15) is 0 Å². The van der Waals surface area contributed by atoms with E-state index in [0.29, 0.717) is 11.1 Å². The number of nitrogens with two attached hydrogens (primary N) is 1. The van der Waals surface area contributed by atoms with E-state index in [9.17, 15) is 18.5 Å². The second-order valence-electron chi connectivity index (χ2n) is 4.49. The minimum atomic E-state index is -3.70. The number of benzene rings is 1. The molecule has 0 amide bonds. The van der Waals surface area contributed by atoms with Gasteiger partial charge in [0.2, 0.25) is 0 Å². The third-order valence-electron chi connectivity index (χ3n) is 3.10. The first-order valence-corrected chi connectivity index (χ1v) is 7.63. The van der Waals surface area contributed by atoms with Gasteiger partial charge >= 0.3 is 0 Å². The van der Waals surface area contributed by atoms with Crippen LogP contribution in [-0.4, -0.2) is 18.3 Å². The number of aromatic nitrogens is 1. The van der Waals surface area contributed by atoms with Crippen molar-refractivity contribution in [3.05, 3.63) is 57.9 Å². The van der Waals surface area contributed by atoms with Gasteiger partial charge in [-0.05, 0) is 18.6 Å². The molecule has 0 spiro atoms. The van der Waals surface area contributed by atoms with Crippen molar-refractivity contribution >= 4 is 21.2 Å². The maximum atomic E-state index is 12.4.